The SMILES string of the molecule is CC(C)(C)C(=O)Nc1ccc(S(=O)(=O)N2CCCCC2)cc1. The van der Waals surface area contributed by atoms with E-state index in [1.807, 2.05) is 20.8 Å². The molecule has 0 atom stereocenters. The number of nitrogens with one attached hydrogen (secondary N) is 1. The zero-order valence-electron chi connectivity index (χ0n) is 13.4. The van der Waals surface area contributed by atoms with Gasteiger partial charge in [-0.1, -0.05) is 27.2 Å². The van der Waals surface area contributed by atoms with E-state index in [2.05, 4.69) is 5.32 Å². The second-order valence-electron chi connectivity index (χ2n) is 6.69. The number of amides is 1. The zero-order valence-corrected chi connectivity index (χ0v) is 14.2. The standard InChI is InChI=1S/C16H24N2O3S/c1-16(2,3)15(19)17-13-7-9-14(10-8-13)22(20,21)18-11-5-4-6-12-18/h7-10H,4-6,11-12H2,1-3H3,(H,17,19). The van der Waals surface area contributed by atoms with E-state index in [4.69, 9.17) is 0 Å². The van der Waals surface area contributed by atoms with Crippen LogP contribution < -0.4 is 5.32 Å². The minimum atomic E-state index is -3.42. The number of sulfonamides is 1. The topological polar surface area (TPSA) is 66.5 Å². The summed E-state index contributed by atoms with van der Waals surface area (Å²) in [7, 11) is -3.42. The van der Waals surface area contributed by atoms with Crippen molar-refractivity contribution in [3.8, 4) is 0 Å². The van der Waals surface area contributed by atoms with Crippen LogP contribution in [0.4, 0.5) is 5.69 Å². The van der Waals surface area contributed by atoms with Crippen molar-refractivity contribution < 1.29 is 13.2 Å². The highest BCUT2D eigenvalue weighted by Crippen LogP contribution is 2.23. The Morgan fingerprint density at radius 1 is 1.05 bits per heavy atom. The van der Waals surface area contributed by atoms with Gasteiger partial charge in [-0.25, -0.2) is 8.42 Å². The highest BCUT2D eigenvalue weighted by molar-refractivity contribution is 7.89. The van der Waals surface area contributed by atoms with Crippen LogP contribution in [-0.2, 0) is 14.8 Å². The maximum atomic E-state index is 12.5. The fourth-order valence-electron chi connectivity index (χ4n) is 2.28. The molecule has 0 aromatic heterocycles. The van der Waals surface area contributed by atoms with Gasteiger partial charge in [-0.15, -0.1) is 0 Å². The monoisotopic (exact) mass is 324 g/mol. The summed E-state index contributed by atoms with van der Waals surface area (Å²) in [4.78, 5) is 12.2. The Morgan fingerprint density at radius 2 is 1.59 bits per heavy atom. The molecule has 1 aromatic carbocycles. The molecule has 5 nitrogen and oxygen atoms in total. The van der Waals surface area contributed by atoms with Gasteiger partial charge >= 0.3 is 0 Å². The summed E-state index contributed by atoms with van der Waals surface area (Å²) < 4.78 is 26.6. The molecule has 0 aliphatic carbocycles. The Labute approximate surface area is 132 Å². The predicted molar refractivity (Wildman–Crippen MR) is 87.1 cm³/mol. The van der Waals surface area contributed by atoms with Gasteiger partial charge in [-0.3, -0.25) is 4.79 Å². The van der Waals surface area contributed by atoms with Crippen LogP contribution >= 0.6 is 0 Å². The lowest BCUT2D eigenvalue weighted by atomic mass is 9.95. The minimum absolute atomic E-state index is 0.0980. The first-order valence-electron chi connectivity index (χ1n) is 7.63. The number of benzene rings is 1. The van der Waals surface area contributed by atoms with Gasteiger partial charge in [0.25, 0.3) is 0 Å². The van der Waals surface area contributed by atoms with Gasteiger partial charge in [0.1, 0.15) is 0 Å². The molecular weight excluding hydrogens is 300 g/mol. The van der Waals surface area contributed by atoms with Crippen LogP contribution in [0, 0.1) is 5.41 Å². The molecule has 0 saturated carbocycles. The number of nitrogens with zero attached hydrogens (tertiary/aromatic N) is 1. The Balaban J connectivity index is 2.13. The molecule has 1 N–H and O–H groups in total. The first-order valence-corrected chi connectivity index (χ1v) is 9.07. The van der Waals surface area contributed by atoms with Gasteiger partial charge in [0.2, 0.25) is 15.9 Å². The lowest BCUT2D eigenvalue weighted by molar-refractivity contribution is -0.123. The number of anilines is 1. The summed E-state index contributed by atoms with van der Waals surface area (Å²) in [5, 5.41) is 2.79. The highest BCUT2D eigenvalue weighted by atomic mass is 32.2. The van der Waals surface area contributed by atoms with Crippen molar-refractivity contribution >= 4 is 21.6 Å². The van der Waals surface area contributed by atoms with Crippen LogP contribution in [-0.4, -0.2) is 31.7 Å². The molecule has 0 unspecified atom stereocenters. The van der Waals surface area contributed by atoms with Crippen molar-refractivity contribution in [3.05, 3.63) is 24.3 Å². The van der Waals surface area contributed by atoms with E-state index < -0.39 is 15.4 Å². The van der Waals surface area contributed by atoms with Crippen molar-refractivity contribution in [2.45, 2.75) is 44.9 Å². The Kier molecular flexibility index (Phi) is 4.92. The molecule has 1 amide bonds. The van der Waals surface area contributed by atoms with Crippen molar-refractivity contribution in [2.75, 3.05) is 18.4 Å². The molecule has 0 spiro atoms. The van der Waals surface area contributed by atoms with E-state index in [0.29, 0.717) is 18.8 Å². The van der Waals surface area contributed by atoms with Gasteiger partial charge in [-0.05, 0) is 37.1 Å². The van der Waals surface area contributed by atoms with Crippen LogP contribution in [0.15, 0.2) is 29.2 Å². The minimum Gasteiger partial charge on any atom is -0.326 e. The van der Waals surface area contributed by atoms with Gasteiger partial charge < -0.3 is 5.32 Å². The summed E-state index contributed by atoms with van der Waals surface area (Å²) in [6.45, 7) is 6.67. The van der Waals surface area contributed by atoms with E-state index in [0.717, 1.165) is 19.3 Å². The number of carbonyl (C=O) groups excluding carboxylic acids is 1. The molecule has 1 aromatic rings. The van der Waals surface area contributed by atoms with E-state index >= 15 is 0 Å². The average Bonchev–Trinajstić information content (AvgIpc) is 2.48. The molecule has 22 heavy (non-hydrogen) atoms. The van der Waals surface area contributed by atoms with Crippen LogP contribution in [0.2, 0.25) is 0 Å². The van der Waals surface area contributed by atoms with Crippen molar-refractivity contribution in [2.24, 2.45) is 5.41 Å². The third kappa shape index (κ3) is 3.87. The van der Waals surface area contributed by atoms with Crippen molar-refractivity contribution in [1.29, 1.82) is 0 Å². The molecule has 1 aliphatic rings. The highest BCUT2D eigenvalue weighted by Gasteiger charge is 2.26. The number of hydrogen-bond acceptors (Lipinski definition) is 3. The first-order chi connectivity index (χ1) is 10.2. The molecule has 122 valence electrons. The zero-order chi connectivity index (χ0) is 16.4. The Bertz CT molecular complexity index is 624. The molecule has 1 aliphatic heterocycles. The normalized spacial score (nSPS) is 17.2. The largest absolute Gasteiger partial charge is 0.326 e. The summed E-state index contributed by atoms with van der Waals surface area (Å²) in [6, 6.07) is 6.39. The first kappa shape index (κ1) is 17.0. The van der Waals surface area contributed by atoms with E-state index in [9.17, 15) is 13.2 Å². The molecule has 1 heterocycles. The van der Waals surface area contributed by atoms with Crippen molar-refractivity contribution in [3.63, 3.8) is 0 Å². The fourth-order valence-corrected chi connectivity index (χ4v) is 3.80. The molecule has 0 bridgehead atoms. The Morgan fingerprint density at radius 3 is 2.09 bits per heavy atom. The van der Waals surface area contributed by atoms with E-state index in [1.165, 1.54) is 0 Å². The Hall–Kier alpha value is -1.40. The van der Waals surface area contributed by atoms with Gasteiger partial charge in [0.05, 0.1) is 4.90 Å². The van der Waals surface area contributed by atoms with Crippen molar-refractivity contribution in [1.82, 2.24) is 4.31 Å². The third-order valence-electron chi connectivity index (χ3n) is 3.75. The lowest BCUT2D eigenvalue weighted by Gasteiger charge is -2.26. The molecule has 6 heteroatoms. The quantitative estimate of drug-likeness (QED) is 0.929. The molecule has 1 fully saturated rings. The number of hydrogen-bond donors (Lipinski definition) is 1. The summed E-state index contributed by atoms with van der Waals surface area (Å²) in [5.41, 5.74) is 0.121. The predicted octanol–water partition coefficient (Wildman–Crippen LogP) is 2.85. The number of piperidine rings is 1. The van der Waals surface area contributed by atoms with Crippen LogP contribution in [0.1, 0.15) is 40.0 Å². The van der Waals surface area contributed by atoms with Gasteiger partial charge in [-0.2, -0.15) is 4.31 Å². The van der Waals surface area contributed by atoms with Gasteiger partial charge in [0, 0.05) is 24.2 Å². The number of carbonyl (C=O) groups is 1. The van der Waals surface area contributed by atoms with E-state index in [1.54, 1.807) is 28.6 Å². The van der Waals surface area contributed by atoms with Crippen LogP contribution in [0.5, 0.6) is 0 Å². The fraction of sp³-hybridized carbons (Fsp3) is 0.562. The number of rotatable bonds is 3. The van der Waals surface area contributed by atoms with Crippen LogP contribution in [0.25, 0.3) is 0 Å². The average molecular weight is 324 g/mol. The molecule has 0 radical (unpaired) electrons. The molecule has 2 rings (SSSR count). The lowest BCUT2D eigenvalue weighted by Crippen LogP contribution is -2.35. The summed E-state index contributed by atoms with van der Waals surface area (Å²) in [5.74, 6) is -0.0980. The molecular formula is C16H24N2O3S. The summed E-state index contributed by atoms with van der Waals surface area (Å²) >= 11 is 0. The van der Waals surface area contributed by atoms with Gasteiger partial charge in [0.15, 0.2) is 0 Å². The third-order valence-corrected chi connectivity index (χ3v) is 5.66. The van der Waals surface area contributed by atoms with Crippen LogP contribution in [0.3, 0.4) is 0 Å². The van der Waals surface area contributed by atoms with E-state index in [-0.39, 0.29) is 10.8 Å². The maximum Gasteiger partial charge on any atom is 0.243 e. The second kappa shape index (κ2) is 6.38. The summed E-state index contributed by atoms with van der Waals surface area (Å²) in [6.07, 6.45) is 2.92. The smallest absolute Gasteiger partial charge is 0.243 e. The second-order valence-corrected chi connectivity index (χ2v) is 8.63. The maximum absolute atomic E-state index is 12.5. The molecule has 1 saturated heterocycles.